The van der Waals surface area contributed by atoms with Gasteiger partial charge in [0, 0.05) is 19.1 Å². The van der Waals surface area contributed by atoms with Crippen LogP contribution in [0.4, 0.5) is 0 Å². The first-order valence-corrected chi connectivity index (χ1v) is 6.01. The highest BCUT2D eigenvalue weighted by Gasteiger charge is 2.50. The lowest BCUT2D eigenvalue weighted by atomic mass is 9.61. The molecule has 2 saturated heterocycles. The number of hydrogen-bond acceptors (Lipinski definition) is 2. The third-order valence-electron chi connectivity index (χ3n) is 4.11. The fourth-order valence-electron chi connectivity index (χ4n) is 3.02. The Morgan fingerprint density at radius 1 is 1.31 bits per heavy atom. The van der Waals surface area contributed by atoms with Crippen molar-refractivity contribution in [1.29, 1.82) is 5.26 Å². The van der Waals surface area contributed by atoms with Gasteiger partial charge in [-0.3, -0.25) is 4.90 Å². The molecule has 2 heterocycles. The number of hydrogen-bond donors (Lipinski definition) is 0. The molecule has 2 nitrogen and oxygen atoms in total. The second-order valence-electron chi connectivity index (χ2n) is 5.16. The van der Waals surface area contributed by atoms with Crippen molar-refractivity contribution in [2.45, 2.75) is 31.8 Å². The van der Waals surface area contributed by atoms with Crippen molar-refractivity contribution in [2.75, 3.05) is 6.54 Å². The summed E-state index contributed by atoms with van der Waals surface area (Å²) in [5.41, 5.74) is 1.44. The zero-order valence-electron chi connectivity index (χ0n) is 9.39. The topological polar surface area (TPSA) is 27.0 Å². The zero-order valence-corrected chi connectivity index (χ0v) is 9.39. The highest BCUT2D eigenvalue weighted by molar-refractivity contribution is 5.18. The van der Waals surface area contributed by atoms with Crippen molar-refractivity contribution in [3.05, 3.63) is 35.9 Å². The van der Waals surface area contributed by atoms with Crippen molar-refractivity contribution < 1.29 is 0 Å². The second-order valence-corrected chi connectivity index (χ2v) is 5.16. The van der Waals surface area contributed by atoms with E-state index in [0.717, 1.165) is 32.4 Å². The minimum Gasteiger partial charge on any atom is -0.296 e. The van der Waals surface area contributed by atoms with Gasteiger partial charge in [0.25, 0.3) is 0 Å². The molecule has 0 unspecified atom stereocenters. The van der Waals surface area contributed by atoms with E-state index in [9.17, 15) is 0 Å². The minimum absolute atomic E-state index is 0.0534. The highest BCUT2D eigenvalue weighted by atomic mass is 15.2. The number of benzene rings is 1. The molecule has 4 rings (SSSR count). The van der Waals surface area contributed by atoms with E-state index in [0.29, 0.717) is 6.04 Å². The van der Waals surface area contributed by atoms with Crippen LogP contribution in [-0.4, -0.2) is 17.5 Å². The Hall–Kier alpha value is -1.33. The predicted octanol–water partition coefficient (Wildman–Crippen LogP) is 2.56. The van der Waals surface area contributed by atoms with Gasteiger partial charge < -0.3 is 0 Å². The SMILES string of the molecule is N#CC12CCN(Cc3ccccc3)C(C1)C2. The molecule has 0 aromatic heterocycles. The first-order chi connectivity index (χ1) is 7.81. The maximum Gasteiger partial charge on any atom is 0.0691 e. The van der Waals surface area contributed by atoms with Crippen LogP contribution in [0.1, 0.15) is 24.8 Å². The van der Waals surface area contributed by atoms with Gasteiger partial charge in [-0.15, -0.1) is 0 Å². The highest BCUT2D eigenvalue weighted by Crippen LogP contribution is 2.50. The smallest absolute Gasteiger partial charge is 0.0691 e. The van der Waals surface area contributed by atoms with Gasteiger partial charge in [-0.25, -0.2) is 0 Å². The summed E-state index contributed by atoms with van der Waals surface area (Å²) < 4.78 is 0. The van der Waals surface area contributed by atoms with Crippen molar-refractivity contribution in [3.63, 3.8) is 0 Å². The fourth-order valence-corrected chi connectivity index (χ4v) is 3.02. The van der Waals surface area contributed by atoms with Gasteiger partial charge in [-0.2, -0.15) is 5.26 Å². The monoisotopic (exact) mass is 212 g/mol. The number of fused-ring (bicyclic) bond motifs is 2. The normalized spacial score (nSPS) is 32.8. The molecule has 0 spiro atoms. The van der Waals surface area contributed by atoms with Gasteiger partial charge in [-0.1, -0.05) is 30.3 Å². The molecule has 2 heteroatoms. The number of piperidine rings is 2. The fraction of sp³-hybridized carbons (Fsp3) is 0.500. The lowest BCUT2D eigenvalue weighted by molar-refractivity contribution is -0.0333. The van der Waals surface area contributed by atoms with Crippen LogP contribution in [0, 0.1) is 16.7 Å². The first-order valence-electron chi connectivity index (χ1n) is 6.01. The maximum atomic E-state index is 9.10. The van der Waals surface area contributed by atoms with E-state index in [1.165, 1.54) is 5.56 Å². The molecule has 16 heavy (non-hydrogen) atoms. The second kappa shape index (κ2) is 3.61. The van der Waals surface area contributed by atoms with E-state index in [-0.39, 0.29) is 5.41 Å². The van der Waals surface area contributed by atoms with Gasteiger partial charge in [0.15, 0.2) is 0 Å². The van der Waals surface area contributed by atoms with Crippen LogP contribution in [0.15, 0.2) is 30.3 Å². The molecule has 2 aliphatic heterocycles. The Labute approximate surface area is 96.5 Å². The van der Waals surface area contributed by atoms with Crippen molar-refractivity contribution in [3.8, 4) is 6.07 Å². The van der Waals surface area contributed by atoms with E-state index < -0.39 is 0 Å². The van der Waals surface area contributed by atoms with Gasteiger partial charge in [0.05, 0.1) is 11.5 Å². The van der Waals surface area contributed by atoms with E-state index >= 15 is 0 Å². The standard InChI is InChI=1S/C14H16N2/c15-11-14-6-7-16(13(8-14)9-14)10-12-4-2-1-3-5-12/h1-5,13H,6-10H2. The Balaban J connectivity index is 1.65. The van der Waals surface area contributed by atoms with Crippen LogP contribution in [0.2, 0.25) is 0 Å². The molecular formula is C14H16N2. The summed E-state index contributed by atoms with van der Waals surface area (Å²) in [7, 11) is 0. The molecule has 1 aliphatic carbocycles. The molecule has 0 radical (unpaired) electrons. The average molecular weight is 212 g/mol. The molecular weight excluding hydrogens is 196 g/mol. The van der Waals surface area contributed by atoms with Crippen LogP contribution >= 0.6 is 0 Å². The van der Waals surface area contributed by atoms with Crippen LogP contribution in [0.25, 0.3) is 0 Å². The van der Waals surface area contributed by atoms with E-state index in [1.54, 1.807) is 0 Å². The summed E-state index contributed by atoms with van der Waals surface area (Å²) >= 11 is 0. The van der Waals surface area contributed by atoms with Crippen LogP contribution in [0.3, 0.4) is 0 Å². The minimum atomic E-state index is 0.0534. The lowest BCUT2D eigenvalue weighted by Gasteiger charge is -2.54. The third kappa shape index (κ3) is 1.52. The van der Waals surface area contributed by atoms with E-state index in [4.69, 9.17) is 5.26 Å². The summed E-state index contributed by atoms with van der Waals surface area (Å²) in [6.45, 7) is 2.14. The summed E-state index contributed by atoms with van der Waals surface area (Å²) in [4.78, 5) is 2.54. The third-order valence-corrected chi connectivity index (χ3v) is 4.11. The largest absolute Gasteiger partial charge is 0.296 e. The Kier molecular flexibility index (Phi) is 2.22. The molecule has 0 N–H and O–H groups in total. The van der Waals surface area contributed by atoms with Gasteiger partial charge in [-0.05, 0) is 24.8 Å². The molecule has 3 aliphatic rings. The molecule has 1 saturated carbocycles. The molecule has 1 aromatic carbocycles. The summed E-state index contributed by atoms with van der Waals surface area (Å²) in [6, 6.07) is 13.8. The van der Waals surface area contributed by atoms with E-state index in [1.807, 2.05) is 0 Å². The van der Waals surface area contributed by atoms with Gasteiger partial charge in [0.1, 0.15) is 0 Å². The lowest BCUT2D eigenvalue weighted by Crippen LogP contribution is -2.56. The first kappa shape index (κ1) is 9.86. The summed E-state index contributed by atoms with van der Waals surface area (Å²) in [5.74, 6) is 0. The van der Waals surface area contributed by atoms with Crippen LogP contribution < -0.4 is 0 Å². The summed E-state index contributed by atoms with van der Waals surface area (Å²) in [6.07, 6.45) is 3.25. The molecule has 82 valence electrons. The zero-order chi connectivity index (χ0) is 11.0. The van der Waals surface area contributed by atoms with Crippen LogP contribution in [-0.2, 0) is 6.54 Å². The Morgan fingerprint density at radius 2 is 2.06 bits per heavy atom. The number of rotatable bonds is 2. The maximum absolute atomic E-state index is 9.10. The van der Waals surface area contributed by atoms with Crippen molar-refractivity contribution in [2.24, 2.45) is 5.41 Å². The Bertz CT molecular complexity index is 407. The Morgan fingerprint density at radius 3 is 2.62 bits per heavy atom. The van der Waals surface area contributed by atoms with Crippen molar-refractivity contribution in [1.82, 2.24) is 4.90 Å². The van der Waals surface area contributed by atoms with Crippen molar-refractivity contribution >= 4 is 0 Å². The predicted molar refractivity (Wildman–Crippen MR) is 62.5 cm³/mol. The van der Waals surface area contributed by atoms with Gasteiger partial charge in [0.2, 0.25) is 0 Å². The molecule has 2 bridgehead atoms. The molecule has 0 atom stereocenters. The molecule has 0 amide bonds. The quantitative estimate of drug-likeness (QED) is 0.753. The molecule has 3 fully saturated rings. The van der Waals surface area contributed by atoms with Crippen LogP contribution in [0.5, 0.6) is 0 Å². The summed E-state index contributed by atoms with van der Waals surface area (Å²) in [5, 5.41) is 9.10. The molecule has 1 aromatic rings. The average Bonchev–Trinajstić information content (AvgIpc) is 2.30. The van der Waals surface area contributed by atoms with Gasteiger partial charge >= 0.3 is 0 Å². The number of nitriles is 1. The number of nitrogens with zero attached hydrogens (tertiary/aromatic N) is 2. The van der Waals surface area contributed by atoms with E-state index in [2.05, 4.69) is 41.3 Å².